The molecule has 18 heavy (non-hydrogen) atoms. The predicted octanol–water partition coefficient (Wildman–Crippen LogP) is 1.78. The molecule has 1 heterocycles. The maximum atomic E-state index is 11.6. The van der Waals surface area contributed by atoms with E-state index in [2.05, 4.69) is 15.3 Å². The number of aromatic nitrogens is 2. The van der Waals surface area contributed by atoms with Gasteiger partial charge in [-0.15, -0.1) is 0 Å². The van der Waals surface area contributed by atoms with Crippen LogP contribution in [0.15, 0.2) is 24.3 Å². The van der Waals surface area contributed by atoms with Gasteiger partial charge in [-0.2, -0.15) is 0 Å². The Morgan fingerprint density at radius 3 is 3.00 bits per heavy atom. The first-order chi connectivity index (χ1) is 8.70. The van der Waals surface area contributed by atoms with Gasteiger partial charge in [-0.1, -0.05) is 12.1 Å². The van der Waals surface area contributed by atoms with Crippen molar-refractivity contribution in [3.05, 3.63) is 30.1 Å². The average molecular weight is 247 g/mol. The van der Waals surface area contributed by atoms with E-state index >= 15 is 0 Å². The van der Waals surface area contributed by atoms with Gasteiger partial charge in [0.15, 0.2) is 0 Å². The Bertz CT molecular complexity index is 503. The first-order valence-electron chi connectivity index (χ1n) is 5.93. The molecule has 1 unspecified atom stereocenters. The number of benzene rings is 1. The van der Waals surface area contributed by atoms with Crippen molar-refractivity contribution in [1.82, 2.24) is 15.3 Å². The number of nitrogens with one attached hydrogen (secondary N) is 2. The van der Waals surface area contributed by atoms with Crippen LogP contribution in [0.5, 0.6) is 0 Å². The zero-order chi connectivity index (χ0) is 13.0. The zero-order valence-corrected chi connectivity index (χ0v) is 10.6. The molecule has 0 aliphatic carbocycles. The van der Waals surface area contributed by atoms with E-state index in [0.29, 0.717) is 13.0 Å². The Morgan fingerprint density at radius 2 is 2.28 bits per heavy atom. The minimum absolute atomic E-state index is 0.0372. The lowest BCUT2D eigenvalue weighted by Crippen LogP contribution is -2.28. The largest absolute Gasteiger partial charge is 0.384 e. The number of fused-ring (bicyclic) bond motifs is 1. The summed E-state index contributed by atoms with van der Waals surface area (Å²) in [7, 11) is 1.58. The van der Waals surface area contributed by atoms with Crippen molar-refractivity contribution in [2.45, 2.75) is 19.4 Å². The molecule has 0 aliphatic rings. The van der Waals surface area contributed by atoms with Crippen molar-refractivity contribution in [2.24, 2.45) is 0 Å². The van der Waals surface area contributed by atoms with Gasteiger partial charge in [0.2, 0.25) is 5.91 Å². The standard InChI is InChI=1S/C13H17N3O2/c1-9(14-12(17)7-8-18-2)13-15-10-5-3-4-6-11(10)16-13/h3-6,9H,7-8H2,1-2H3,(H,14,17)(H,15,16). The van der Waals surface area contributed by atoms with Crippen LogP contribution in [-0.2, 0) is 9.53 Å². The van der Waals surface area contributed by atoms with E-state index in [1.54, 1.807) is 7.11 Å². The van der Waals surface area contributed by atoms with E-state index < -0.39 is 0 Å². The lowest BCUT2D eigenvalue weighted by Gasteiger charge is -2.10. The summed E-state index contributed by atoms with van der Waals surface area (Å²) >= 11 is 0. The summed E-state index contributed by atoms with van der Waals surface area (Å²) in [5, 5.41) is 2.88. The normalized spacial score (nSPS) is 12.6. The molecule has 0 spiro atoms. The summed E-state index contributed by atoms with van der Waals surface area (Å²) < 4.78 is 4.86. The molecule has 0 fully saturated rings. The highest BCUT2D eigenvalue weighted by atomic mass is 16.5. The second-order valence-electron chi connectivity index (χ2n) is 4.17. The summed E-state index contributed by atoms with van der Waals surface area (Å²) in [6.45, 7) is 2.33. The fourth-order valence-corrected chi connectivity index (χ4v) is 1.75. The van der Waals surface area contributed by atoms with Crippen LogP contribution >= 0.6 is 0 Å². The summed E-state index contributed by atoms with van der Waals surface area (Å²) in [6, 6.07) is 7.66. The fraction of sp³-hybridized carbons (Fsp3) is 0.385. The van der Waals surface area contributed by atoms with Gasteiger partial charge < -0.3 is 15.0 Å². The number of H-pyrrole nitrogens is 1. The molecule has 5 nitrogen and oxygen atoms in total. The number of amides is 1. The topological polar surface area (TPSA) is 67.0 Å². The monoisotopic (exact) mass is 247 g/mol. The van der Waals surface area contributed by atoms with E-state index in [1.807, 2.05) is 31.2 Å². The molecule has 0 bridgehead atoms. The molecule has 2 rings (SSSR count). The highest BCUT2D eigenvalue weighted by Crippen LogP contribution is 2.15. The lowest BCUT2D eigenvalue weighted by atomic mass is 10.3. The third-order valence-corrected chi connectivity index (χ3v) is 2.73. The van der Waals surface area contributed by atoms with Crippen LogP contribution in [0.1, 0.15) is 25.2 Å². The molecule has 1 aromatic carbocycles. The molecule has 96 valence electrons. The quantitative estimate of drug-likeness (QED) is 0.846. The molecule has 2 N–H and O–H groups in total. The van der Waals surface area contributed by atoms with Crippen LogP contribution in [0.3, 0.4) is 0 Å². The van der Waals surface area contributed by atoms with Crippen molar-refractivity contribution in [2.75, 3.05) is 13.7 Å². The molecule has 5 heteroatoms. The van der Waals surface area contributed by atoms with Gasteiger partial charge in [-0.3, -0.25) is 4.79 Å². The molecule has 0 saturated heterocycles. The Labute approximate surface area is 106 Å². The van der Waals surface area contributed by atoms with Crippen molar-refractivity contribution in [3.8, 4) is 0 Å². The number of para-hydroxylation sites is 2. The average Bonchev–Trinajstić information content (AvgIpc) is 2.80. The lowest BCUT2D eigenvalue weighted by molar-refractivity contribution is -0.122. The molecule has 0 aliphatic heterocycles. The van der Waals surface area contributed by atoms with Gasteiger partial charge in [0.05, 0.1) is 23.7 Å². The SMILES string of the molecule is COCCC(=O)NC(C)c1nc2ccccc2[nH]1. The Balaban J connectivity index is 2.04. The third-order valence-electron chi connectivity index (χ3n) is 2.73. The van der Waals surface area contributed by atoms with Crippen molar-refractivity contribution >= 4 is 16.9 Å². The highest BCUT2D eigenvalue weighted by Gasteiger charge is 2.12. The maximum absolute atomic E-state index is 11.6. The van der Waals surface area contributed by atoms with Gasteiger partial charge in [0.25, 0.3) is 0 Å². The summed E-state index contributed by atoms with van der Waals surface area (Å²) in [5.41, 5.74) is 1.89. The van der Waals surface area contributed by atoms with Gasteiger partial charge in [-0.05, 0) is 19.1 Å². The first-order valence-corrected chi connectivity index (χ1v) is 5.93. The van der Waals surface area contributed by atoms with Crippen molar-refractivity contribution in [3.63, 3.8) is 0 Å². The Kier molecular flexibility index (Phi) is 3.94. The number of ether oxygens (including phenoxy) is 1. The zero-order valence-electron chi connectivity index (χ0n) is 10.6. The van der Waals surface area contributed by atoms with Gasteiger partial charge in [0, 0.05) is 13.5 Å². The van der Waals surface area contributed by atoms with Crippen LogP contribution < -0.4 is 5.32 Å². The molecule has 1 atom stereocenters. The molecular formula is C13H17N3O2. The molecular weight excluding hydrogens is 230 g/mol. The van der Waals surface area contributed by atoms with Crippen LogP contribution in [-0.4, -0.2) is 29.6 Å². The molecule has 1 amide bonds. The summed E-state index contributed by atoms with van der Waals surface area (Å²) in [5.74, 6) is 0.728. The van der Waals surface area contributed by atoms with E-state index in [0.717, 1.165) is 16.9 Å². The molecule has 0 saturated carbocycles. The Hall–Kier alpha value is -1.88. The van der Waals surface area contributed by atoms with Crippen molar-refractivity contribution < 1.29 is 9.53 Å². The molecule has 1 aromatic heterocycles. The van der Waals surface area contributed by atoms with E-state index in [-0.39, 0.29) is 11.9 Å². The molecule has 0 radical (unpaired) electrons. The smallest absolute Gasteiger partial charge is 0.222 e. The minimum atomic E-state index is -0.137. The number of imidazole rings is 1. The van der Waals surface area contributed by atoms with Crippen LogP contribution in [0, 0.1) is 0 Å². The number of hydrogen-bond acceptors (Lipinski definition) is 3. The van der Waals surface area contributed by atoms with Crippen molar-refractivity contribution in [1.29, 1.82) is 0 Å². The van der Waals surface area contributed by atoms with E-state index in [9.17, 15) is 4.79 Å². The minimum Gasteiger partial charge on any atom is -0.384 e. The van der Waals surface area contributed by atoms with Gasteiger partial charge >= 0.3 is 0 Å². The molecule has 2 aromatic rings. The highest BCUT2D eigenvalue weighted by molar-refractivity contribution is 5.77. The number of carbonyl (C=O) groups excluding carboxylic acids is 1. The van der Waals surface area contributed by atoms with Crippen LogP contribution in [0.2, 0.25) is 0 Å². The first kappa shape index (κ1) is 12.6. The second kappa shape index (κ2) is 5.64. The number of nitrogens with zero attached hydrogens (tertiary/aromatic N) is 1. The van der Waals surface area contributed by atoms with E-state index in [1.165, 1.54) is 0 Å². The van der Waals surface area contributed by atoms with E-state index in [4.69, 9.17) is 4.74 Å². The number of methoxy groups -OCH3 is 1. The maximum Gasteiger partial charge on any atom is 0.222 e. The fourth-order valence-electron chi connectivity index (χ4n) is 1.75. The second-order valence-corrected chi connectivity index (χ2v) is 4.17. The summed E-state index contributed by atoms with van der Waals surface area (Å²) in [4.78, 5) is 19.2. The number of hydrogen-bond donors (Lipinski definition) is 2. The number of rotatable bonds is 5. The summed E-state index contributed by atoms with van der Waals surface area (Å²) in [6.07, 6.45) is 0.362. The van der Waals surface area contributed by atoms with Crippen LogP contribution in [0.25, 0.3) is 11.0 Å². The van der Waals surface area contributed by atoms with Crippen LogP contribution in [0.4, 0.5) is 0 Å². The van der Waals surface area contributed by atoms with Gasteiger partial charge in [-0.25, -0.2) is 4.98 Å². The third kappa shape index (κ3) is 2.87. The number of carbonyl (C=O) groups is 1. The number of aromatic amines is 1. The Morgan fingerprint density at radius 1 is 1.50 bits per heavy atom. The predicted molar refractivity (Wildman–Crippen MR) is 69.1 cm³/mol. The van der Waals surface area contributed by atoms with Gasteiger partial charge in [0.1, 0.15) is 5.82 Å².